The number of thiophene rings is 1. The molecule has 2 rings (SSSR count). The van der Waals surface area contributed by atoms with E-state index in [0.717, 1.165) is 29.4 Å². The Balaban J connectivity index is 2.02. The van der Waals surface area contributed by atoms with Gasteiger partial charge in [-0.3, -0.25) is 4.79 Å². The first kappa shape index (κ1) is 17.0. The lowest BCUT2D eigenvalue weighted by Gasteiger charge is -2.26. The minimum atomic E-state index is -0.392. The second kappa shape index (κ2) is 7.24. The quantitative estimate of drug-likeness (QED) is 0.823. The van der Waals surface area contributed by atoms with Crippen molar-refractivity contribution in [3.8, 4) is 0 Å². The third kappa shape index (κ3) is 3.87. The number of carbonyl (C=O) groups excluding carboxylic acids is 2. The molecule has 0 atom stereocenters. The van der Waals surface area contributed by atoms with E-state index in [1.54, 1.807) is 0 Å². The van der Waals surface area contributed by atoms with Gasteiger partial charge in [-0.2, -0.15) is 0 Å². The van der Waals surface area contributed by atoms with Crippen LogP contribution in [-0.2, 0) is 9.53 Å². The number of methoxy groups -OCH3 is 1. The van der Waals surface area contributed by atoms with Crippen LogP contribution in [0.15, 0.2) is 0 Å². The van der Waals surface area contributed by atoms with Crippen LogP contribution in [0, 0.1) is 19.8 Å². The van der Waals surface area contributed by atoms with Gasteiger partial charge in [-0.15, -0.1) is 11.3 Å². The van der Waals surface area contributed by atoms with Crippen molar-refractivity contribution >= 4 is 28.2 Å². The predicted octanol–water partition coefficient (Wildman–Crippen LogP) is 1.40. The minimum Gasteiger partial charge on any atom is -0.465 e. The molecule has 22 heavy (non-hydrogen) atoms. The third-order valence-corrected chi connectivity index (χ3v) is 5.54. The number of piperidine rings is 1. The van der Waals surface area contributed by atoms with Crippen molar-refractivity contribution in [1.29, 1.82) is 0 Å². The van der Waals surface area contributed by atoms with Crippen LogP contribution in [0.25, 0.3) is 0 Å². The average molecular weight is 325 g/mol. The summed E-state index contributed by atoms with van der Waals surface area (Å²) >= 11 is 1.43. The van der Waals surface area contributed by atoms with Crippen LogP contribution in [0.3, 0.4) is 0 Å². The molecule has 2 heterocycles. The lowest BCUT2D eigenvalue weighted by molar-refractivity contribution is -0.897. The molecule has 2 N–H and O–H groups in total. The van der Waals surface area contributed by atoms with E-state index in [0.29, 0.717) is 17.1 Å². The van der Waals surface area contributed by atoms with Gasteiger partial charge < -0.3 is 15.0 Å². The fourth-order valence-corrected chi connectivity index (χ4v) is 3.87. The van der Waals surface area contributed by atoms with Gasteiger partial charge in [-0.05, 0) is 38.2 Å². The topological polar surface area (TPSA) is 59.8 Å². The zero-order valence-corrected chi connectivity index (χ0v) is 14.6. The number of rotatable bonds is 4. The molecule has 1 aliphatic rings. The molecule has 1 saturated heterocycles. The molecule has 0 unspecified atom stereocenters. The SMILES string of the molecule is COC(=O)c1c(NC(=O)C[NH+]2CCC(C)CC2)sc(C)c1C. The van der Waals surface area contributed by atoms with E-state index < -0.39 is 5.97 Å². The van der Waals surface area contributed by atoms with Crippen molar-refractivity contribution in [2.24, 2.45) is 5.92 Å². The number of esters is 1. The van der Waals surface area contributed by atoms with E-state index in [2.05, 4.69) is 12.2 Å². The van der Waals surface area contributed by atoms with Crippen LogP contribution in [-0.4, -0.2) is 38.6 Å². The number of anilines is 1. The third-order valence-electron chi connectivity index (χ3n) is 4.42. The van der Waals surface area contributed by atoms with E-state index in [9.17, 15) is 9.59 Å². The standard InChI is InChI=1S/C16H24N2O3S/c1-10-5-7-18(8-6-10)9-13(19)17-15-14(16(20)21-4)11(2)12(3)22-15/h10H,5-9H2,1-4H3,(H,17,19)/p+1. The number of aryl methyl sites for hydroxylation is 1. The maximum absolute atomic E-state index is 12.3. The average Bonchev–Trinajstić information content (AvgIpc) is 2.75. The first-order chi connectivity index (χ1) is 10.4. The van der Waals surface area contributed by atoms with Crippen molar-refractivity contribution in [2.45, 2.75) is 33.6 Å². The highest BCUT2D eigenvalue weighted by atomic mass is 32.1. The molecule has 5 nitrogen and oxygen atoms in total. The molecule has 1 aromatic rings. The fourth-order valence-electron chi connectivity index (χ4n) is 2.81. The number of carbonyl (C=O) groups is 2. The number of amides is 1. The molecule has 0 aromatic carbocycles. The Labute approximate surface area is 135 Å². The highest BCUT2D eigenvalue weighted by Gasteiger charge is 2.24. The highest BCUT2D eigenvalue weighted by molar-refractivity contribution is 7.16. The predicted molar refractivity (Wildman–Crippen MR) is 87.7 cm³/mol. The minimum absolute atomic E-state index is 0.0315. The summed E-state index contributed by atoms with van der Waals surface area (Å²) in [5.41, 5.74) is 1.37. The van der Waals surface area contributed by atoms with Crippen molar-refractivity contribution in [3.05, 3.63) is 16.0 Å². The van der Waals surface area contributed by atoms with E-state index in [4.69, 9.17) is 4.74 Å². The van der Waals surface area contributed by atoms with Gasteiger partial charge in [0.2, 0.25) is 0 Å². The summed E-state index contributed by atoms with van der Waals surface area (Å²) in [6, 6.07) is 0. The molecule has 1 fully saturated rings. The number of likely N-dealkylation sites (tertiary alicyclic amines) is 1. The molecule has 6 heteroatoms. The van der Waals surface area contributed by atoms with Gasteiger partial charge in [0.05, 0.1) is 25.8 Å². The molecular formula is C16H25N2O3S+. The summed E-state index contributed by atoms with van der Waals surface area (Å²) in [4.78, 5) is 26.5. The molecule has 122 valence electrons. The van der Waals surface area contributed by atoms with Crippen molar-refractivity contribution in [1.82, 2.24) is 0 Å². The number of hydrogen-bond acceptors (Lipinski definition) is 4. The van der Waals surface area contributed by atoms with Crippen LogP contribution >= 0.6 is 11.3 Å². The van der Waals surface area contributed by atoms with Crippen molar-refractivity contribution < 1.29 is 19.2 Å². The van der Waals surface area contributed by atoms with Gasteiger partial charge in [0.15, 0.2) is 6.54 Å². The number of quaternary nitrogens is 1. The molecule has 0 bridgehead atoms. The molecule has 1 amide bonds. The second-order valence-corrected chi connectivity index (χ2v) is 7.36. The van der Waals surface area contributed by atoms with Crippen LogP contribution < -0.4 is 10.2 Å². The Kier molecular flexibility index (Phi) is 5.58. The molecule has 0 radical (unpaired) electrons. The Morgan fingerprint density at radius 3 is 2.55 bits per heavy atom. The highest BCUT2D eigenvalue weighted by Crippen LogP contribution is 2.32. The lowest BCUT2D eigenvalue weighted by atomic mass is 9.99. The Morgan fingerprint density at radius 1 is 1.32 bits per heavy atom. The molecular weight excluding hydrogens is 300 g/mol. The van der Waals surface area contributed by atoms with E-state index in [1.807, 2.05) is 13.8 Å². The van der Waals surface area contributed by atoms with E-state index >= 15 is 0 Å². The summed E-state index contributed by atoms with van der Waals surface area (Å²) in [7, 11) is 1.36. The zero-order valence-electron chi connectivity index (χ0n) is 13.7. The largest absolute Gasteiger partial charge is 0.465 e. The lowest BCUT2D eigenvalue weighted by Crippen LogP contribution is -3.14. The maximum atomic E-state index is 12.3. The van der Waals surface area contributed by atoms with Gasteiger partial charge in [0, 0.05) is 4.88 Å². The van der Waals surface area contributed by atoms with Crippen LogP contribution in [0.5, 0.6) is 0 Å². The first-order valence-corrected chi connectivity index (χ1v) is 8.55. The van der Waals surface area contributed by atoms with Gasteiger partial charge in [0.1, 0.15) is 5.00 Å². The molecule has 0 saturated carbocycles. The van der Waals surface area contributed by atoms with Crippen LogP contribution in [0.1, 0.15) is 40.6 Å². The maximum Gasteiger partial charge on any atom is 0.341 e. The first-order valence-electron chi connectivity index (χ1n) is 7.74. The summed E-state index contributed by atoms with van der Waals surface area (Å²) in [5.74, 6) is 0.340. The van der Waals surface area contributed by atoms with Gasteiger partial charge in [-0.25, -0.2) is 4.79 Å². The Bertz CT molecular complexity index is 560. The molecule has 0 aliphatic carbocycles. The fraction of sp³-hybridized carbons (Fsp3) is 0.625. The smallest absolute Gasteiger partial charge is 0.341 e. The van der Waals surface area contributed by atoms with Gasteiger partial charge in [-0.1, -0.05) is 6.92 Å². The number of hydrogen-bond donors (Lipinski definition) is 2. The molecule has 1 aromatic heterocycles. The summed E-state index contributed by atoms with van der Waals surface area (Å²) in [5, 5.41) is 3.51. The molecule has 0 spiro atoms. The molecule has 1 aliphatic heterocycles. The Hall–Kier alpha value is -1.40. The summed E-state index contributed by atoms with van der Waals surface area (Å²) in [6.45, 7) is 8.63. The van der Waals surface area contributed by atoms with Crippen molar-refractivity contribution in [2.75, 3.05) is 32.1 Å². The Morgan fingerprint density at radius 2 is 1.95 bits per heavy atom. The monoisotopic (exact) mass is 325 g/mol. The summed E-state index contributed by atoms with van der Waals surface area (Å²) < 4.78 is 4.83. The second-order valence-electron chi connectivity index (χ2n) is 6.14. The van der Waals surface area contributed by atoms with Crippen LogP contribution in [0.2, 0.25) is 0 Å². The van der Waals surface area contributed by atoms with Gasteiger partial charge >= 0.3 is 5.97 Å². The normalized spacial score (nSPS) is 21.5. The van der Waals surface area contributed by atoms with E-state index in [1.165, 1.54) is 36.2 Å². The van der Waals surface area contributed by atoms with Gasteiger partial charge in [0.25, 0.3) is 5.91 Å². The number of nitrogens with one attached hydrogen (secondary N) is 2. The van der Waals surface area contributed by atoms with Crippen LogP contribution in [0.4, 0.5) is 5.00 Å². The summed E-state index contributed by atoms with van der Waals surface area (Å²) in [6.07, 6.45) is 2.35. The zero-order chi connectivity index (χ0) is 16.3. The number of ether oxygens (including phenoxy) is 1. The van der Waals surface area contributed by atoms with Crippen molar-refractivity contribution in [3.63, 3.8) is 0 Å². The van der Waals surface area contributed by atoms with E-state index in [-0.39, 0.29) is 5.91 Å².